The first kappa shape index (κ1) is 9.74. The van der Waals surface area contributed by atoms with Crippen molar-refractivity contribution in [1.82, 2.24) is 0 Å². The Morgan fingerprint density at radius 3 is 2.69 bits per heavy atom. The van der Waals surface area contributed by atoms with Gasteiger partial charge >= 0.3 is 5.97 Å². The van der Waals surface area contributed by atoms with E-state index in [0.717, 1.165) is 11.1 Å². The van der Waals surface area contributed by atoms with Gasteiger partial charge in [-0.1, -0.05) is 6.07 Å². The minimum atomic E-state index is -0.902. The van der Waals surface area contributed by atoms with E-state index in [2.05, 4.69) is 0 Å². The quantitative estimate of drug-likeness (QED) is 0.772. The Hall–Kier alpha value is -1.35. The number of hydrogen-bond acceptors (Lipinski definition) is 2. The van der Waals surface area contributed by atoms with Gasteiger partial charge in [0.2, 0.25) is 0 Å². The van der Waals surface area contributed by atoms with Crippen LogP contribution in [0.15, 0.2) is 18.2 Å². The van der Waals surface area contributed by atoms with Crippen LogP contribution in [0.2, 0.25) is 0 Å². The topological polar surface area (TPSA) is 46.5 Å². The average molecular weight is 180 g/mol. The minimum Gasteiger partial charge on any atom is -0.478 e. The Labute approximate surface area is 77.0 Å². The lowest BCUT2D eigenvalue weighted by Gasteiger charge is -2.03. The van der Waals surface area contributed by atoms with Crippen molar-refractivity contribution in [3.8, 4) is 0 Å². The molecular weight excluding hydrogens is 168 g/mol. The van der Waals surface area contributed by atoms with Gasteiger partial charge in [0.05, 0.1) is 12.2 Å². The Bertz CT molecular complexity index is 318. The second kappa shape index (κ2) is 4.05. The molecule has 1 N–H and O–H groups in total. The van der Waals surface area contributed by atoms with E-state index >= 15 is 0 Å². The first-order chi connectivity index (χ1) is 6.13. The molecule has 0 aliphatic carbocycles. The van der Waals surface area contributed by atoms with E-state index in [1.165, 1.54) is 0 Å². The number of carboxylic acid groups (broad SMARTS) is 1. The number of benzene rings is 1. The van der Waals surface area contributed by atoms with Crippen LogP contribution < -0.4 is 0 Å². The van der Waals surface area contributed by atoms with E-state index in [9.17, 15) is 4.79 Å². The molecule has 0 fully saturated rings. The van der Waals surface area contributed by atoms with Crippen molar-refractivity contribution in [1.29, 1.82) is 0 Å². The van der Waals surface area contributed by atoms with Crippen molar-refractivity contribution in [3.05, 3.63) is 34.9 Å². The molecule has 70 valence electrons. The molecule has 0 saturated carbocycles. The van der Waals surface area contributed by atoms with Crippen molar-refractivity contribution in [2.45, 2.75) is 13.5 Å². The summed E-state index contributed by atoms with van der Waals surface area (Å²) in [5, 5.41) is 8.76. The first-order valence-electron chi connectivity index (χ1n) is 3.96. The summed E-state index contributed by atoms with van der Waals surface area (Å²) in [4.78, 5) is 10.7. The highest BCUT2D eigenvalue weighted by molar-refractivity contribution is 5.88. The molecule has 0 unspecified atom stereocenters. The van der Waals surface area contributed by atoms with Crippen LogP contribution in [-0.4, -0.2) is 18.2 Å². The Balaban J connectivity index is 3.03. The number of hydrogen-bond donors (Lipinski definition) is 1. The fourth-order valence-corrected chi connectivity index (χ4v) is 1.24. The largest absolute Gasteiger partial charge is 0.478 e. The fourth-order valence-electron chi connectivity index (χ4n) is 1.24. The number of aryl methyl sites for hydroxylation is 1. The molecule has 0 spiro atoms. The molecule has 0 saturated heterocycles. The maximum absolute atomic E-state index is 10.7. The van der Waals surface area contributed by atoms with E-state index in [1.807, 2.05) is 13.0 Å². The Morgan fingerprint density at radius 1 is 1.46 bits per heavy atom. The van der Waals surface area contributed by atoms with Crippen LogP contribution in [0, 0.1) is 6.92 Å². The molecule has 0 aliphatic heterocycles. The second-order valence-electron chi connectivity index (χ2n) is 2.95. The van der Waals surface area contributed by atoms with Gasteiger partial charge in [0.25, 0.3) is 0 Å². The third kappa shape index (κ3) is 2.56. The molecule has 0 bridgehead atoms. The minimum absolute atomic E-state index is 0.312. The summed E-state index contributed by atoms with van der Waals surface area (Å²) in [7, 11) is 1.59. The number of aromatic carboxylic acids is 1. The van der Waals surface area contributed by atoms with Crippen molar-refractivity contribution >= 4 is 5.97 Å². The smallest absolute Gasteiger partial charge is 0.335 e. The third-order valence-electron chi connectivity index (χ3n) is 1.70. The molecule has 1 aromatic carbocycles. The van der Waals surface area contributed by atoms with Gasteiger partial charge in [-0.05, 0) is 30.2 Å². The zero-order valence-corrected chi connectivity index (χ0v) is 7.70. The van der Waals surface area contributed by atoms with Crippen LogP contribution in [0.5, 0.6) is 0 Å². The number of carboxylic acids is 1. The van der Waals surface area contributed by atoms with Crippen LogP contribution >= 0.6 is 0 Å². The predicted molar refractivity (Wildman–Crippen MR) is 48.9 cm³/mol. The summed E-state index contributed by atoms with van der Waals surface area (Å²) < 4.78 is 4.92. The van der Waals surface area contributed by atoms with Gasteiger partial charge in [-0.2, -0.15) is 0 Å². The van der Waals surface area contributed by atoms with Gasteiger partial charge < -0.3 is 9.84 Å². The molecule has 0 atom stereocenters. The number of methoxy groups -OCH3 is 1. The Kier molecular flexibility index (Phi) is 3.03. The van der Waals surface area contributed by atoms with Crippen molar-refractivity contribution in [3.63, 3.8) is 0 Å². The molecule has 1 aromatic rings. The van der Waals surface area contributed by atoms with Crippen molar-refractivity contribution in [2.75, 3.05) is 7.11 Å². The van der Waals surface area contributed by atoms with E-state index in [-0.39, 0.29) is 0 Å². The monoisotopic (exact) mass is 180 g/mol. The zero-order valence-electron chi connectivity index (χ0n) is 7.70. The normalized spacial score (nSPS) is 10.0. The van der Waals surface area contributed by atoms with Gasteiger partial charge in [-0.15, -0.1) is 0 Å². The number of carbonyl (C=O) groups is 1. The lowest BCUT2D eigenvalue weighted by molar-refractivity contribution is 0.0696. The van der Waals surface area contributed by atoms with Crippen molar-refractivity contribution in [2.24, 2.45) is 0 Å². The molecular formula is C10H12O3. The maximum Gasteiger partial charge on any atom is 0.335 e. The number of rotatable bonds is 3. The summed E-state index contributed by atoms with van der Waals surface area (Å²) in [6, 6.07) is 5.18. The molecule has 13 heavy (non-hydrogen) atoms. The lowest BCUT2D eigenvalue weighted by Crippen LogP contribution is -1.99. The van der Waals surface area contributed by atoms with E-state index in [1.54, 1.807) is 19.2 Å². The Morgan fingerprint density at radius 2 is 2.15 bits per heavy atom. The summed E-state index contributed by atoms with van der Waals surface area (Å²) in [5.41, 5.74) is 2.14. The van der Waals surface area contributed by atoms with Gasteiger partial charge in [0.15, 0.2) is 0 Å². The van der Waals surface area contributed by atoms with Gasteiger partial charge in [-0.3, -0.25) is 0 Å². The second-order valence-corrected chi connectivity index (χ2v) is 2.95. The third-order valence-corrected chi connectivity index (χ3v) is 1.70. The summed E-state index contributed by atoms with van der Waals surface area (Å²) in [6.07, 6.45) is 0. The highest BCUT2D eigenvalue weighted by atomic mass is 16.5. The van der Waals surface area contributed by atoms with E-state index in [0.29, 0.717) is 12.2 Å². The molecule has 0 aliphatic rings. The van der Waals surface area contributed by atoms with Crippen LogP contribution in [0.1, 0.15) is 21.5 Å². The van der Waals surface area contributed by atoms with E-state index in [4.69, 9.17) is 9.84 Å². The standard InChI is InChI=1S/C10H12O3/c1-7-3-8(6-13-2)5-9(4-7)10(11)12/h3-5H,6H2,1-2H3,(H,11,12). The predicted octanol–water partition coefficient (Wildman–Crippen LogP) is 1.84. The molecule has 1 rings (SSSR count). The van der Waals surface area contributed by atoms with Gasteiger partial charge in [0.1, 0.15) is 0 Å². The van der Waals surface area contributed by atoms with Crippen molar-refractivity contribution < 1.29 is 14.6 Å². The van der Waals surface area contributed by atoms with E-state index < -0.39 is 5.97 Å². The molecule has 3 heteroatoms. The molecule has 0 aromatic heterocycles. The molecule has 3 nitrogen and oxygen atoms in total. The molecule has 0 radical (unpaired) electrons. The van der Waals surface area contributed by atoms with Crippen LogP contribution in [0.4, 0.5) is 0 Å². The fraction of sp³-hybridized carbons (Fsp3) is 0.300. The van der Waals surface area contributed by atoms with Gasteiger partial charge in [0, 0.05) is 7.11 Å². The maximum atomic E-state index is 10.7. The van der Waals surface area contributed by atoms with Gasteiger partial charge in [-0.25, -0.2) is 4.79 Å². The zero-order chi connectivity index (χ0) is 9.84. The van der Waals surface area contributed by atoms with Crippen LogP contribution in [0.3, 0.4) is 0 Å². The molecule has 0 heterocycles. The first-order valence-corrected chi connectivity index (χ1v) is 3.96. The van der Waals surface area contributed by atoms with Crippen LogP contribution in [-0.2, 0) is 11.3 Å². The average Bonchev–Trinajstić information content (AvgIpc) is 2.03. The van der Waals surface area contributed by atoms with Crippen LogP contribution in [0.25, 0.3) is 0 Å². The summed E-state index contributed by atoms with van der Waals surface area (Å²) >= 11 is 0. The summed E-state index contributed by atoms with van der Waals surface area (Å²) in [5.74, 6) is -0.902. The summed E-state index contributed by atoms with van der Waals surface area (Å²) in [6.45, 7) is 2.31. The SMILES string of the molecule is COCc1cc(C)cc(C(=O)O)c1. The lowest BCUT2D eigenvalue weighted by atomic mass is 10.1. The molecule has 0 amide bonds. The highest BCUT2D eigenvalue weighted by Crippen LogP contribution is 2.10. The highest BCUT2D eigenvalue weighted by Gasteiger charge is 2.04. The number of ether oxygens (including phenoxy) is 1.